The molecule has 6 rings (SSSR count). The number of benzene rings is 4. The quantitative estimate of drug-likeness (QED) is 0.128. The van der Waals surface area contributed by atoms with Gasteiger partial charge < -0.3 is 15.4 Å². The van der Waals surface area contributed by atoms with Crippen molar-refractivity contribution in [3.63, 3.8) is 0 Å². The van der Waals surface area contributed by atoms with Gasteiger partial charge in [-0.25, -0.2) is 0 Å². The minimum atomic E-state index is -4.80. The fourth-order valence-electron chi connectivity index (χ4n) is 7.10. The molecule has 10 nitrogen and oxygen atoms in total. The van der Waals surface area contributed by atoms with Crippen molar-refractivity contribution in [2.45, 2.75) is 75.8 Å². The Morgan fingerprint density at radius 1 is 0.796 bits per heavy atom. The Bertz CT molecular complexity index is 2190. The molecule has 4 aromatic rings. The average Bonchev–Trinajstić information content (AvgIpc) is 3.49. The lowest BCUT2D eigenvalue weighted by Crippen LogP contribution is -2.27. The highest BCUT2D eigenvalue weighted by molar-refractivity contribution is 7.86. The number of amides is 1. The highest BCUT2D eigenvalue weighted by atomic mass is 32.2. The predicted molar refractivity (Wildman–Crippen MR) is 188 cm³/mol. The molecule has 49 heavy (non-hydrogen) atoms. The first-order valence-corrected chi connectivity index (χ1v) is 19.1. The van der Waals surface area contributed by atoms with Crippen LogP contribution >= 0.6 is 0 Å². The Hall–Kier alpha value is -4.23. The maximum absolute atomic E-state index is 14.9. The maximum Gasteiger partial charge on any atom is 0.295 e. The van der Waals surface area contributed by atoms with Gasteiger partial charge in [0.15, 0.2) is 0 Å². The van der Waals surface area contributed by atoms with E-state index in [1.165, 1.54) is 12.1 Å². The maximum atomic E-state index is 14.9. The second-order valence-corrected chi connectivity index (χ2v) is 16.0. The smallest absolute Gasteiger partial charge is 0.295 e. The summed E-state index contributed by atoms with van der Waals surface area (Å²) < 4.78 is 78.3. The lowest BCUT2D eigenvalue weighted by molar-refractivity contribution is 0.0746. The number of nitrogen functional groups attached to an aromatic ring is 1. The molecule has 2 aliphatic rings. The molecule has 0 spiro atoms. The highest BCUT2D eigenvalue weighted by Crippen LogP contribution is 2.45. The van der Waals surface area contributed by atoms with E-state index in [4.69, 9.17) is 10.5 Å². The first-order chi connectivity index (χ1) is 23.1. The molecule has 0 atom stereocenters. The lowest BCUT2D eigenvalue weighted by Gasteiger charge is -2.27. The van der Waals surface area contributed by atoms with Crippen LogP contribution in [-0.2, 0) is 33.3 Å². The molecule has 0 saturated heterocycles. The summed E-state index contributed by atoms with van der Waals surface area (Å²) in [5.74, 6) is -0.0442. The predicted octanol–water partition coefficient (Wildman–Crippen LogP) is 7.14. The summed E-state index contributed by atoms with van der Waals surface area (Å²) in [4.78, 5) is 15.7. The summed E-state index contributed by atoms with van der Waals surface area (Å²) in [5.41, 5.74) is 11.1. The average molecular weight is 705 g/mol. The Morgan fingerprint density at radius 3 is 1.96 bits per heavy atom. The van der Waals surface area contributed by atoms with Gasteiger partial charge in [-0.15, -0.1) is 0 Å². The number of hydrogen-bond acceptors (Lipinski definition) is 7. The first kappa shape index (κ1) is 34.6. The topological polar surface area (TPSA) is 164 Å². The summed E-state index contributed by atoms with van der Waals surface area (Å²) in [6.45, 7) is 6.01. The molecule has 0 aromatic heterocycles. The summed E-state index contributed by atoms with van der Waals surface area (Å²) in [6.07, 6.45) is 5.14. The van der Waals surface area contributed by atoms with Crippen molar-refractivity contribution in [2.24, 2.45) is 5.92 Å². The molecule has 1 saturated carbocycles. The zero-order valence-corrected chi connectivity index (χ0v) is 29.3. The SMILES string of the molecule is Cc1ccc(S(=O)(=O)O)c(-c2cc(-c3cc(C)ccc3S(=O)(=O)O)c(C(=O)N3Cc4cccc(N)c4C3)c(OCC3CCCCC3)c2C)c1. The lowest BCUT2D eigenvalue weighted by atomic mass is 9.88. The van der Waals surface area contributed by atoms with Crippen molar-refractivity contribution < 1.29 is 35.5 Å². The van der Waals surface area contributed by atoms with E-state index in [0.717, 1.165) is 43.2 Å². The molecule has 1 aliphatic heterocycles. The van der Waals surface area contributed by atoms with Crippen LogP contribution in [0.4, 0.5) is 5.69 Å². The van der Waals surface area contributed by atoms with E-state index in [1.807, 2.05) is 12.1 Å². The number of rotatable bonds is 8. The molecule has 1 heterocycles. The van der Waals surface area contributed by atoms with Crippen molar-refractivity contribution in [3.8, 4) is 28.0 Å². The van der Waals surface area contributed by atoms with Crippen LogP contribution in [0.5, 0.6) is 5.75 Å². The van der Waals surface area contributed by atoms with Crippen molar-refractivity contribution in [1.82, 2.24) is 4.90 Å². The second-order valence-electron chi connectivity index (χ2n) is 13.2. The number of fused-ring (bicyclic) bond motifs is 1. The Balaban J connectivity index is 1.67. The second kappa shape index (κ2) is 13.2. The van der Waals surface area contributed by atoms with Crippen LogP contribution in [0.25, 0.3) is 22.3 Å². The van der Waals surface area contributed by atoms with Gasteiger partial charge in [0.2, 0.25) is 0 Å². The fourth-order valence-corrected chi connectivity index (χ4v) is 8.48. The Kier molecular flexibility index (Phi) is 9.35. The van der Waals surface area contributed by atoms with Crippen LogP contribution in [0.3, 0.4) is 0 Å². The van der Waals surface area contributed by atoms with Gasteiger partial charge in [0.05, 0.1) is 12.2 Å². The van der Waals surface area contributed by atoms with Crippen LogP contribution < -0.4 is 10.5 Å². The number of ether oxygens (including phenoxy) is 1. The Labute approximate surface area is 287 Å². The van der Waals surface area contributed by atoms with Crippen molar-refractivity contribution >= 4 is 31.8 Å². The molecule has 0 radical (unpaired) electrons. The van der Waals surface area contributed by atoms with Crippen molar-refractivity contribution in [3.05, 3.63) is 94.0 Å². The minimum Gasteiger partial charge on any atom is -0.492 e. The fraction of sp³-hybridized carbons (Fsp3) is 0.324. The van der Waals surface area contributed by atoms with E-state index >= 15 is 0 Å². The molecular weight excluding hydrogens is 665 g/mol. The first-order valence-electron chi connectivity index (χ1n) is 16.3. The number of hydrogen-bond donors (Lipinski definition) is 3. The molecule has 0 unspecified atom stereocenters. The number of carbonyl (C=O) groups is 1. The van der Waals surface area contributed by atoms with Crippen LogP contribution in [0.15, 0.2) is 70.5 Å². The highest BCUT2D eigenvalue weighted by Gasteiger charge is 2.34. The molecule has 12 heteroatoms. The van der Waals surface area contributed by atoms with Gasteiger partial charge in [-0.2, -0.15) is 16.8 Å². The third kappa shape index (κ3) is 6.96. The molecule has 4 N–H and O–H groups in total. The summed E-state index contributed by atoms with van der Waals surface area (Å²) >= 11 is 0. The van der Waals surface area contributed by atoms with E-state index in [-0.39, 0.29) is 58.5 Å². The minimum absolute atomic E-state index is 0.0481. The van der Waals surface area contributed by atoms with Crippen molar-refractivity contribution in [1.29, 1.82) is 0 Å². The van der Waals surface area contributed by atoms with Gasteiger partial charge >= 0.3 is 0 Å². The van der Waals surface area contributed by atoms with Gasteiger partial charge in [0.1, 0.15) is 15.5 Å². The molecular formula is C37H40N2O8S2. The Morgan fingerprint density at radius 2 is 1.39 bits per heavy atom. The molecule has 1 aliphatic carbocycles. The van der Waals surface area contributed by atoms with Gasteiger partial charge in [-0.3, -0.25) is 13.9 Å². The molecule has 258 valence electrons. The van der Waals surface area contributed by atoms with E-state index in [9.17, 15) is 30.7 Å². The van der Waals surface area contributed by atoms with Crippen LogP contribution in [0.1, 0.15) is 70.3 Å². The molecule has 1 amide bonds. The summed E-state index contributed by atoms with van der Waals surface area (Å²) in [5, 5.41) is 0. The van der Waals surface area contributed by atoms with Gasteiger partial charge in [0, 0.05) is 35.5 Å². The number of carbonyl (C=O) groups excluding carboxylic acids is 1. The van der Waals surface area contributed by atoms with E-state index in [1.54, 1.807) is 62.1 Å². The van der Waals surface area contributed by atoms with Gasteiger partial charge in [-0.05, 0) is 86.1 Å². The van der Waals surface area contributed by atoms with Crippen LogP contribution in [0.2, 0.25) is 0 Å². The molecule has 1 fully saturated rings. The van der Waals surface area contributed by atoms with E-state index in [2.05, 4.69) is 0 Å². The van der Waals surface area contributed by atoms with Crippen LogP contribution in [0, 0.1) is 26.7 Å². The number of nitrogens with zero attached hydrogens (tertiary/aromatic N) is 1. The number of nitrogens with two attached hydrogens (primary N) is 1. The monoisotopic (exact) mass is 704 g/mol. The molecule has 4 aromatic carbocycles. The van der Waals surface area contributed by atoms with Crippen molar-refractivity contribution in [2.75, 3.05) is 12.3 Å². The normalized spacial score (nSPS) is 15.3. The standard InChI is InChI=1S/C37H40N2O8S2/c1-22-12-14-33(48(41,42)43)28(16-22)27-18-30(29-17-23(2)13-15-34(29)49(44,45)46)35(36(24(27)3)47-21-25-8-5-4-6-9-25)37(40)39-19-26-10-7-11-32(38)31(26)20-39/h7,10-18,25H,4-6,8-9,19-21,38H2,1-3H3,(H,41,42,43)(H,44,45,46). The molecule has 0 bridgehead atoms. The van der Waals surface area contributed by atoms with E-state index < -0.39 is 31.0 Å². The third-order valence-electron chi connectivity index (χ3n) is 9.64. The zero-order chi connectivity index (χ0) is 35.2. The van der Waals surface area contributed by atoms with Gasteiger partial charge in [0.25, 0.3) is 26.1 Å². The summed E-state index contributed by atoms with van der Waals surface area (Å²) in [6, 6.07) is 15.9. The third-order valence-corrected chi connectivity index (χ3v) is 11.5. The number of anilines is 1. The van der Waals surface area contributed by atoms with E-state index in [0.29, 0.717) is 27.9 Å². The van der Waals surface area contributed by atoms with Gasteiger partial charge in [-0.1, -0.05) is 66.8 Å². The summed E-state index contributed by atoms with van der Waals surface area (Å²) in [7, 11) is -9.51. The number of aryl methyl sites for hydroxylation is 2. The van der Waals surface area contributed by atoms with Crippen LogP contribution in [-0.4, -0.2) is 43.4 Å². The largest absolute Gasteiger partial charge is 0.492 e. The zero-order valence-electron chi connectivity index (χ0n) is 27.7.